The van der Waals surface area contributed by atoms with E-state index in [9.17, 15) is 0 Å². The van der Waals surface area contributed by atoms with Gasteiger partial charge in [-0.25, -0.2) is 0 Å². The third-order valence-corrected chi connectivity index (χ3v) is 4.89. The van der Waals surface area contributed by atoms with Crippen LogP contribution >= 0.6 is 0 Å². The highest BCUT2D eigenvalue weighted by Gasteiger charge is 2.36. The zero-order valence-corrected chi connectivity index (χ0v) is 13.9. The normalized spacial score (nSPS) is 29.0. The minimum atomic E-state index is -0.0632. The minimum absolute atomic E-state index is 0.0632. The highest BCUT2D eigenvalue weighted by Crippen LogP contribution is 2.38. The van der Waals surface area contributed by atoms with Gasteiger partial charge in [-0.2, -0.15) is 0 Å². The van der Waals surface area contributed by atoms with E-state index in [1.54, 1.807) is 0 Å². The summed E-state index contributed by atoms with van der Waals surface area (Å²) in [5.41, 5.74) is 1.68. The first kappa shape index (κ1) is 15.8. The van der Waals surface area contributed by atoms with E-state index < -0.39 is 0 Å². The zero-order valence-electron chi connectivity index (χ0n) is 13.9. The van der Waals surface area contributed by atoms with Gasteiger partial charge in [0, 0.05) is 18.4 Å². The van der Waals surface area contributed by atoms with E-state index in [0.29, 0.717) is 5.92 Å². The molecule has 2 saturated heterocycles. The van der Waals surface area contributed by atoms with E-state index in [1.165, 1.54) is 24.8 Å². The molecule has 1 aromatic carbocycles. The van der Waals surface area contributed by atoms with E-state index in [-0.39, 0.29) is 11.7 Å². The molecule has 0 aromatic heterocycles. The van der Waals surface area contributed by atoms with Crippen molar-refractivity contribution in [3.63, 3.8) is 0 Å². The van der Waals surface area contributed by atoms with Crippen LogP contribution in [0, 0.1) is 5.92 Å². The van der Waals surface area contributed by atoms with Gasteiger partial charge in [0.2, 0.25) is 0 Å². The summed E-state index contributed by atoms with van der Waals surface area (Å²) < 4.78 is 11.8. The van der Waals surface area contributed by atoms with Crippen molar-refractivity contribution in [1.29, 1.82) is 0 Å². The molecule has 122 valence electrons. The van der Waals surface area contributed by atoms with Gasteiger partial charge in [0.15, 0.2) is 6.29 Å². The summed E-state index contributed by atoms with van der Waals surface area (Å²) in [6.45, 7) is 7.65. The molecule has 2 heterocycles. The fraction of sp³-hybridized carbons (Fsp3) is 0.684. The second-order valence-corrected chi connectivity index (χ2v) is 7.25. The fourth-order valence-electron chi connectivity index (χ4n) is 3.92. The molecule has 0 amide bonds. The van der Waals surface area contributed by atoms with Gasteiger partial charge in [-0.1, -0.05) is 26.0 Å². The average Bonchev–Trinajstić information content (AvgIpc) is 2.97. The van der Waals surface area contributed by atoms with Crippen LogP contribution in [0.25, 0.3) is 0 Å². The maximum absolute atomic E-state index is 6.06. The van der Waals surface area contributed by atoms with Gasteiger partial charge in [-0.05, 0) is 55.8 Å². The molecule has 3 nitrogen and oxygen atoms in total. The smallest absolute Gasteiger partial charge is 0.199 e. The first-order valence-corrected chi connectivity index (χ1v) is 8.77. The van der Waals surface area contributed by atoms with E-state index >= 15 is 0 Å². The summed E-state index contributed by atoms with van der Waals surface area (Å²) in [6, 6.07) is 8.71. The Balaban J connectivity index is 1.76. The molecule has 2 aliphatic heterocycles. The van der Waals surface area contributed by atoms with Gasteiger partial charge in [0.05, 0.1) is 6.61 Å². The number of hydrogen-bond donors (Lipinski definition) is 1. The van der Waals surface area contributed by atoms with Gasteiger partial charge >= 0.3 is 0 Å². The molecule has 1 N–H and O–H groups in total. The van der Waals surface area contributed by atoms with Crippen molar-refractivity contribution in [3.8, 4) is 5.75 Å². The molecule has 22 heavy (non-hydrogen) atoms. The summed E-state index contributed by atoms with van der Waals surface area (Å²) in [6.07, 6.45) is 5.74. The summed E-state index contributed by atoms with van der Waals surface area (Å²) in [5, 5.41) is 3.55. The van der Waals surface area contributed by atoms with Crippen molar-refractivity contribution in [2.45, 2.75) is 57.7 Å². The second-order valence-electron chi connectivity index (χ2n) is 7.25. The van der Waals surface area contributed by atoms with Crippen LogP contribution in [-0.4, -0.2) is 26.0 Å². The van der Waals surface area contributed by atoms with Crippen LogP contribution in [0.3, 0.4) is 0 Å². The van der Waals surface area contributed by atoms with Crippen molar-refractivity contribution in [1.82, 2.24) is 5.32 Å². The lowest BCUT2D eigenvalue weighted by molar-refractivity contribution is -0.105. The Morgan fingerprint density at radius 1 is 1.36 bits per heavy atom. The van der Waals surface area contributed by atoms with Gasteiger partial charge < -0.3 is 14.8 Å². The fourth-order valence-corrected chi connectivity index (χ4v) is 3.92. The van der Waals surface area contributed by atoms with Gasteiger partial charge in [-0.15, -0.1) is 0 Å². The standard InChI is InChI=1S/C19H29NO2/c1-15(2)13-19(9-10-20-14-19)16-6-5-7-17(12-16)22-18-8-3-4-11-21-18/h5-7,12,15,18,20H,3-4,8-11,13-14H2,1-2H3/t18-,19-/m0/s1. The van der Waals surface area contributed by atoms with E-state index in [4.69, 9.17) is 9.47 Å². The van der Waals surface area contributed by atoms with Crippen molar-refractivity contribution in [3.05, 3.63) is 29.8 Å². The highest BCUT2D eigenvalue weighted by molar-refractivity contribution is 5.35. The van der Waals surface area contributed by atoms with Crippen LogP contribution in [-0.2, 0) is 10.2 Å². The molecular weight excluding hydrogens is 274 g/mol. The number of ether oxygens (including phenoxy) is 2. The SMILES string of the molecule is CC(C)C[C@@]1(c2cccc(O[C@H]3CCCCO3)c2)CCNC1. The third kappa shape index (κ3) is 3.64. The number of rotatable bonds is 5. The van der Waals surface area contributed by atoms with Crippen LogP contribution in [0.15, 0.2) is 24.3 Å². The Kier molecular flexibility index (Phi) is 5.04. The van der Waals surface area contributed by atoms with Crippen molar-refractivity contribution in [2.24, 2.45) is 5.92 Å². The molecule has 1 aromatic rings. The Labute approximate surface area is 134 Å². The molecule has 0 unspecified atom stereocenters. The first-order chi connectivity index (χ1) is 10.7. The maximum Gasteiger partial charge on any atom is 0.199 e. The van der Waals surface area contributed by atoms with Crippen molar-refractivity contribution < 1.29 is 9.47 Å². The molecule has 0 spiro atoms. The molecule has 0 bridgehead atoms. The molecule has 2 aliphatic rings. The van der Waals surface area contributed by atoms with E-state index in [1.807, 2.05) is 0 Å². The summed E-state index contributed by atoms with van der Waals surface area (Å²) in [4.78, 5) is 0. The first-order valence-electron chi connectivity index (χ1n) is 8.77. The van der Waals surface area contributed by atoms with Gasteiger partial charge in [0.1, 0.15) is 5.75 Å². The van der Waals surface area contributed by atoms with Gasteiger partial charge in [-0.3, -0.25) is 0 Å². The molecule has 0 saturated carbocycles. The van der Waals surface area contributed by atoms with Crippen molar-refractivity contribution >= 4 is 0 Å². The van der Waals surface area contributed by atoms with Crippen molar-refractivity contribution in [2.75, 3.05) is 19.7 Å². The van der Waals surface area contributed by atoms with E-state index in [0.717, 1.165) is 38.3 Å². The zero-order chi connectivity index (χ0) is 15.4. The Morgan fingerprint density at radius 2 is 2.27 bits per heavy atom. The summed E-state index contributed by atoms with van der Waals surface area (Å²) in [5.74, 6) is 1.66. The lowest BCUT2D eigenvalue weighted by Crippen LogP contribution is -2.31. The molecule has 3 heteroatoms. The molecule has 2 fully saturated rings. The third-order valence-electron chi connectivity index (χ3n) is 4.89. The van der Waals surface area contributed by atoms with Crippen LogP contribution < -0.4 is 10.1 Å². The highest BCUT2D eigenvalue weighted by atomic mass is 16.7. The maximum atomic E-state index is 6.06. The molecule has 0 aliphatic carbocycles. The van der Waals surface area contributed by atoms with Gasteiger partial charge in [0.25, 0.3) is 0 Å². The summed E-state index contributed by atoms with van der Waals surface area (Å²) in [7, 11) is 0. The average molecular weight is 303 g/mol. The van der Waals surface area contributed by atoms with E-state index in [2.05, 4.69) is 43.4 Å². The van der Waals surface area contributed by atoms with Crippen LogP contribution in [0.5, 0.6) is 5.75 Å². The second kappa shape index (κ2) is 7.01. The summed E-state index contributed by atoms with van der Waals surface area (Å²) >= 11 is 0. The molecular formula is C19H29NO2. The molecule has 0 radical (unpaired) electrons. The lowest BCUT2D eigenvalue weighted by atomic mass is 9.74. The lowest BCUT2D eigenvalue weighted by Gasteiger charge is -2.31. The Bertz CT molecular complexity index is 474. The van der Waals surface area contributed by atoms with Crippen LogP contribution in [0.1, 0.15) is 51.5 Å². The Morgan fingerprint density at radius 3 is 2.95 bits per heavy atom. The Hall–Kier alpha value is -1.06. The molecule has 3 rings (SSSR count). The number of nitrogens with one attached hydrogen (secondary N) is 1. The predicted octanol–water partition coefficient (Wildman–Crippen LogP) is 3.87. The topological polar surface area (TPSA) is 30.5 Å². The quantitative estimate of drug-likeness (QED) is 0.895. The largest absolute Gasteiger partial charge is 0.465 e. The van der Waals surface area contributed by atoms with Crippen LogP contribution in [0.4, 0.5) is 0 Å². The molecule has 2 atom stereocenters. The predicted molar refractivity (Wildman–Crippen MR) is 89.3 cm³/mol. The monoisotopic (exact) mass is 303 g/mol. The number of hydrogen-bond acceptors (Lipinski definition) is 3. The van der Waals surface area contributed by atoms with Crippen LogP contribution in [0.2, 0.25) is 0 Å². The minimum Gasteiger partial charge on any atom is -0.465 e. The number of benzene rings is 1.